The molecule has 0 aliphatic carbocycles. The van der Waals surface area contributed by atoms with E-state index in [9.17, 15) is 14.0 Å². The lowest BCUT2D eigenvalue weighted by molar-refractivity contribution is -0.132. The van der Waals surface area contributed by atoms with E-state index < -0.39 is 17.7 Å². The van der Waals surface area contributed by atoms with Gasteiger partial charge in [0.1, 0.15) is 11.4 Å². The number of alkyl carbamates (subject to hydrolysis) is 1. The van der Waals surface area contributed by atoms with Crippen molar-refractivity contribution in [3.8, 4) is 0 Å². The van der Waals surface area contributed by atoms with Crippen LogP contribution in [0.3, 0.4) is 0 Å². The van der Waals surface area contributed by atoms with E-state index >= 15 is 0 Å². The topological polar surface area (TPSA) is 84.7 Å². The van der Waals surface area contributed by atoms with E-state index in [-0.39, 0.29) is 24.6 Å². The minimum atomic E-state index is -0.673. The number of carbonyl (C=O) groups is 2. The molecule has 0 bridgehead atoms. The maximum Gasteiger partial charge on any atom is 0.407 e. The summed E-state index contributed by atoms with van der Waals surface area (Å²) < 4.78 is 19.5. The van der Waals surface area contributed by atoms with Gasteiger partial charge >= 0.3 is 6.09 Å². The van der Waals surface area contributed by atoms with Gasteiger partial charge in [0, 0.05) is 31.2 Å². The van der Waals surface area contributed by atoms with Gasteiger partial charge in [0.25, 0.3) is 0 Å². The molecule has 6 nitrogen and oxygen atoms in total. The van der Waals surface area contributed by atoms with Crippen LogP contribution in [-0.4, -0.2) is 35.1 Å². The Morgan fingerprint density at radius 2 is 1.94 bits per heavy atom. The van der Waals surface area contributed by atoms with Crippen molar-refractivity contribution in [2.24, 2.45) is 0 Å². The van der Waals surface area contributed by atoms with Crippen molar-refractivity contribution in [2.45, 2.75) is 58.2 Å². The van der Waals surface area contributed by atoms with Crippen molar-refractivity contribution >= 4 is 17.7 Å². The first kappa shape index (κ1) is 22.6. The highest BCUT2D eigenvalue weighted by Gasteiger charge is 2.26. The minimum absolute atomic E-state index is 0.0469. The summed E-state index contributed by atoms with van der Waals surface area (Å²) in [4.78, 5) is 27.1. The predicted octanol–water partition coefficient (Wildman–Crippen LogP) is 3.82. The molecule has 0 spiro atoms. The van der Waals surface area contributed by atoms with E-state index in [1.165, 1.54) is 11.6 Å². The second kappa shape index (κ2) is 9.37. The largest absolute Gasteiger partial charge is 0.444 e. The van der Waals surface area contributed by atoms with Crippen LogP contribution in [0.1, 0.15) is 43.9 Å². The van der Waals surface area contributed by atoms with Crippen molar-refractivity contribution < 1.29 is 18.7 Å². The molecular weight excluding hydrogens is 397 g/mol. The van der Waals surface area contributed by atoms with Crippen LogP contribution in [0.2, 0.25) is 0 Å². The third-order valence-electron chi connectivity index (χ3n) is 5.16. The summed E-state index contributed by atoms with van der Waals surface area (Å²) >= 11 is 0. The molecule has 0 radical (unpaired) electrons. The number of nitrogens with zero attached hydrogens (tertiary/aromatic N) is 1. The van der Waals surface area contributed by atoms with Crippen LogP contribution in [-0.2, 0) is 28.9 Å². The van der Waals surface area contributed by atoms with Crippen molar-refractivity contribution in [3.05, 3.63) is 65.0 Å². The van der Waals surface area contributed by atoms with Crippen LogP contribution < -0.4 is 11.1 Å². The first-order valence-corrected chi connectivity index (χ1v) is 10.5. The third kappa shape index (κ3) is 6.44. The summed E-state index contributed by atoms with van der Waals surface area (Å²) in [5, 5.41) is 2.75. The highest BCUT2D eigenvalue weighted by Crippen LogP contribution is 2.22. The number of nitrogens with two attached hydrogens (primary N) is 1. The zero-order valence-corrected chi connectivity index (χ0v) is 18.3. The molecule has 166 valence electrons. The molecule has 0 saturated heterocycles. The molecular formula is C24H30FN3O3. The average Bonchev–Trinajstić information content (AvgIpc) is 2.67. The second-order valence-electron chi connectivity index (χ2n) is 8.94. The van der Waals surface area contributed by atoms with E-state index in [0.29, 0.717) is 24.3 Å². The predicted molar refractivity (Wildman–Crippen MR) is 118 cm³/mol. The SMILES string of the molecule is CC(C)(C)OC(=O)NC(CC(=O)N1CCc2ccc(N)cc2C1)Cc1ccccc1F. The number of anilines is 1. The van der Waals surface area contributed by atoms with Gasteiger partial charge in [0.15, 0.2) is 0 Å². The average molecular weight is 428 g/mol. The zero-order valence-electron chi connectivity index (χ0n) is 18.3. The maximum absolute atomic E-state index is 14.2. The van der Waals surface area contributed by atoms with E-state index in [0.717, 1.165) is 12.0 Å². The number of amides is 2. The molecule has 1 aliphatic rings. The van der Waals surface area contributed by atoms with Gasteiger partial charge in [0.05, 0.1) is 0 Å². The molecule has 1 unspecified atom stereocenters. The van der Waals surface area contributed by atoms with Crippen LogP contribution in [0.4, 0.5) is 14.9 Å². The number of carbonyl (C=O) groups excluding carboxylic acids is 2. The molecule has 31 heavy (non-hydrogen) atoms. The van der Waals surface area contributed by atoms with Crippen molar-refractivity contribution in [1.29, 1.82) is 0 Å². The Kier molecular flexibility index (Phi) is 6.83. The number of nitrogen functional groups attached to an aromatic ring is 1. The lowest BCUT2D eigenvalue weighted by atomic mass is 9.97. The minimum Gasteiger partial charge on any atom is -0.444 e. The zero-order chi connectivity index (χ0) is 22.6. The summed E-state index contributed by atoms with van der Waals surface area (Å²) in [6, 6.07) is 11.5. The molecule has 2 aromatic carbocycles. The van der Waals surface area contributed by atoms with Gasteiger partial charge in [-0.25, -0.2) is 9.18 Å². The number of benzene rings is 2. The van der Waals surface area contributed by atoms with Crippen LogP contribution >= 0.6 is 0 Å². The van der Waals surface area contributed by atoms with Crippen molar-refractivity contribution in [2.75, 3.05) is 12.3 Å². The van der Waals surface area contributed by atoms with Gasteiger partial charge < -0.3 is 20.7 Å². The molecule has 0 fully saturated rings. The molecule has 2 aromatic rings. The second-order valence-corrected chi connectivity index (χ2v) is 8.94. The molecule has 7 heteroatoms. The molecule has 1 heterocycles. The summed E-state index contributed by atoms with van der Waals surface area (Å²) in [5.74, 6) is -0.473. The molecule has 3 N–H and O–H groups in total. The molecule has 0 saturated carbocycles. The van der Waals surface area contributed by atoms with Gasteiger partial charge in [-0.2, -0.15) is 0 Å². The molecule has 0 aromatic heterocycles. The summed E-state index contributed by atoms with van der Waals surface area (Å²) in [5.41, 5.74) is 8.54. The van der Waals surface area contributed by atoms with Gasteiger partial charge in [-0.1, -0.05) is 24.3 Å². The fourth-order valence-corrected chi connectivity index (χ4v) is 3.71. The van der Waals surface area contributed by atoms with E-state index in [1.54, 1.807) is 43.9 Å². The number of fused-ring (bicyclic) bond motifs is 1. The third-order valence-corrected chi connectivity index (χ3v) is 5.16. The summed E-state index contributed by atoms with van der Waals surface area (Å²) in [7, 11) is 0. The Labute approximate surface area is 182 Å². The van der Waals surface area contributed by atoms with Gasteiger partial charge in [-0.3, -0.25) is 4.79 Å². The first-order chi connectivity index (χ1) is 14.6. The highest BCUT2D eigenvalue weighted by molar-refractivity contribution is 5.78. The Morgan fingerprint density at radius 1 is 1.19 bits per heavy atom. The standard InChI is InChI=1S/C24H30FN3O3/c1-24(2,3)31-23(30)27-20(13-17-6-4-5-7-21(17)25)14-22(29)28-11-10-16-8-9-19(26)12-18(16)15-28/h4-9,12,20H,10-11,13-15,26H2,1-3H3,(H,27,30). The Morgan fingerprint density at radius 3 is 2.65 bits per heavy atom. The monoisotopic (exact) mass is 427 g/mol. The lowest BCUT2D eigenvalue weighted by Gasteiger charge is -2.31. The molecule has 1 atom stereocenters. The number of hydrogen-bond acceptors (Lipinski definition) is 4. The normalized spacial score (nSPS) is 14.5. The Bertz CT molecular complexity index is 955. The lowest BCUT2D eigenvalue weighted by Crippen LogP contribution is -2.44. The number of ether oxygens (including phenoxy) is 1. The van der Waals surface area contributed by atoms with Gasteiger partial charge in [0.2, 0.25) is 5.91 Å². The number of nitrogens with one attached hydrogen (secondary N) is 1. The Balaban J connectivity index is 1.71. The van der Waals surface area contributed by atoms with E-state index in [1.807, 2.05) is 18.2 Å². The van der Waals surface area contributed by atoms with Crippen molar-refractivity contribution in [3.63, 3.8) is 0 Å². The fraction of sp³-hybridized carbons (Fsp3) is 0.417. The molecule has 2 amide bonds. The van der Waals surface area contributed by atoms with Gasteiger partial charge in [-0.15, -0.1) is 0 Å². The van der Waals surface area contributed by atoms with E-state index in [2.05, 4.69) is 5.32 Å². The number of halogens is 1. The summed E-state index contributed by atoms with van der Waals surface area (Å²) in [6.07, 6.45) is 0.359. The Hall–Kier alpha value is -3.09. The van der Waals surface area contributed by atoms with E-state index in [4.69, 9.17) is 10.5 Å². The first-order valence-electron chi connectivity index (χ1n) is 10.5. The highest BCUT2D eigenvalue weighted by atomic mass is 19.1. The van der Waals surface area contributed by atoms with Gasteiger partial charge in [-0.05, 0) is 68.5 Å². The smallest absolute Gasteiger partial charge is 0.407 e. The molecule has 1 aliphatic heterocycles. The van der Waals surface area contributed by atoms with Crippen LogP contribution in [0.25, 0.3) is 0 Å². The van der Waals surface area contributed by atoms with Crippen LogP contribution in [0.15, 0.2) is 42.5 Å². The fourth-order valence-electron chi connectivity index (χ4n) is 3.71. The molecule has 3 rings (SSSR count). The van der Waals surface area contributed by atoms with Crippen LogP contribution in [0, 0.1) is 5.82 Å². The number of hydrogen-bond donors (Lipinski definition) is 2. The van der Waals surface area contributed by atoms with Crippen molar-refractivity contribution in [1.82, 2.24) is 10.2 Å². The summed E-state index contributed by atoms with van der Waals surface area (Å²) in [6.45, 7) is 6.36. The quantitative estimate of drug-likeness (QED) is 0.711. The van der Waals surface area contributed by atoms with Crippen LogP contribution in [0.5, 0.6) is 0 Å². The number of rotatable bonds is 5. The maximum atomic E-state index is 14.2.